The van der Waals surface area contributed by atoms with Crippen LogP contribution in [-0.2, 0) is 9.31 Å². The van der Waals surface area contributed by atoms with E-state index in [9.17, 15) is 0 Å². The van der Waals surface area contributed by atoms with Gasteiger partial charge < -0.3 is 14.5 Å². The SMILES string of the molecule is CCCNB1OC(C)(C)C(C)(C)O1. The van der Waals surface area contributed by atoms with E-state index in [0.717, 1.165) is 13.0 Å². The average molecular weight is 185 g/mol. The van der Waals surface area contributed by atoms with Gasteiger partial charge in [0, 0.05) is 0 Å². The molecule has 76 valence electrons. The summed E-state index contributed by atoms with van der Waals surface area (Å²) in [6.45, 7) is 11.3. The summed E-state index contributed by atoms with van der Waals surface area (Å²) >= 11 is 0. The summed E-state index contributed by atoms with van der Waals surface area (Å²) in [5.74, 6) is 0. The Morgan fingerprint density at radius 3 is 1.92 bits per heavy atom. The van der Waals surface area contributed by atoms with E-state index in [0.29, 0.717) is 0 Å². The van der Waals surface area contributed by atoms with Gasteiger partial charge in [0.1, 0.15) is 0 Å². The largest absolute Gasteiger partial charge is 0.555 e. The predicted octanol–water partition coefficient (Wildman–Crippen LogP) is 1.57. The van der Waals surface area contributed by atoms with Crippen molar-refractivity contribution >= 4 is 7.25 Å². The van der Waals surface area contributed by atoms with Crippen LogP contribution in [-0.4, -0.2) is 25.0 Å². The van der Waals surface area contributed by atoms with E-state index in [1.807, 2.05) is 0 Å². The zero-order chi connectivity index (χ0) is 10.1. The standard InChI is InChI=1S/C9H20BNO2/c1-6-7-11-10-12-8(2,3)9(4,5)13-10/h11H,6-7H2,1-5H3. The molecule has 1 heterocycles. The van der Waals surface area contributed by atoms with Gasteiger partial charge in [0.2, 0.25) is 0 Å². The molecule has 3 nitrogen and oxygen atoms in total. The van der Waals surface area contributed by atoms with Crippen molar-refractivity contribution in [3.63, 3.8) is 0 Å². The minimum atomic E-state index is -0.245. The first-order chi connectivity index (χ1) is 5.89. The van der Waals surface area contributed by atoms with Gasteiger partial charge in [-0.2, -0.15) is 0 Å². The van der Waals surface area contributed by atoms with Gasteiger partial charge in [0.05, 0.1) is 11.2 Å². The summed E-state index contributed by atoms with van der Waals surface area (Å²) in [7, 11) is -0.245. The first-order valence-corrected chi connectivity index (χ1v) is 4.98. The van der Waals surface area contributed by atoms with Crippen LogP contribution < -0.4 is 5.23 Å². The molecule has 0 unspecified atom stereocenters. The highest BCUT2D eigenvalue weighted by molar-refractivity contribution is 6.42. The molecule has 0 atom stereocenters. The lowest BCUT2D eigenvalue weighted by Gasteiger charge is -2.32. The molecule has 0 aromatic heterocycles. The minimum Gasteiger partial charge on any atom is -0.389 e. The summed E-state index contributed by atoms with van der Waals surface area (Å²) in [5, 5.41) is 3.20. The van der Waals surface area contributed by atoms with Crippen LogP contribution in [0.4, 0.5) is 0 Å². The topological polar surface area (TPSA) is 30.5 Å². The maximum Gasteiger partial charge on any atom is 0.555 e. The molecule has 1 aliphatic rings. The van der Waals surface area contributed by atoms with E-state index in [4.69, 9.17) is 9.31 Å². The van der Waals surface area contributed by atoms with Gasteiger partial charge in [0.25, 0.3) is 0 Å². The van der Waals surface area contributed by atoms with E-state index >= 15 is 0 Å². The van der Waals surface area contributed by atoms with Gasteiger partial charge in [0.15, 0.2) is 0 Å². The molecule has 1 aliphatic heterocycles. The monoisotopic (exact) mass is 185 g/mol. The van der Waals surface area contributed by atoms with Crippen molar-refractivity contribution in [1.82, 2.24) is 5.23 Å². The molecule has 1 saturated heterocycles. The second-order valence-corrected chi connectivity index (χ2v) is 4.54. The van der Waals surface area contributed by atoms with Crippen molar-refractivity contribution in [1.29, 1.82) is 0 Å². The van der Waals surface area contributed by atoms with E-state index in [1.165, 1.54) is 0 Å². The Balaban J connectivity index is 2.50. The lowest BCUT2D eigenvalue weighted by atomic mass is 9.90. The van der Waals surface area contributed by atoms with Gasteiger partial charge in [-0.05, 0) is 40.7 Å². The molecular weight excluding hydrogens is 165 g/mol. The smallest absolute Gasteiger partial charge is 0.389 e. The second kappa shape index (κ2) is 3.60. The number of hydrogen-bond acceptors (Lipinski definition) is 3. The minimum absolute atomic E-state index is 0.224. The number of rotatable bonds is 3. The zero-order valence-electron chi connectivity index (χ0n) is 9.31. The fraction of sp³-hybridized carbons (Fsp3) is 1.00. The first kappa shape index (κ1) is 11.0. The van der Waals surface area contributed by atoms with Crippen LogP contribution >= 0.6 is 0 Å². The third-order valence-corrected chi connectivity index (χ3v) is 2.81. The lowest BCUT2D eigenvalue weighted by Crippen LogP contribution is -2.41. The summed E-state index contributed by atoms with van der Waals surface area (Å²) in [5.41, 5.74) is -0.448. The van der Waals surface area contributed by atoms with Gasteiger partial charge >= 0.3 is 7.25 Å². The van der Waals surface area contributed by atoms with Gasteiger partial charge in [-0.15, -0.1) is 0 Å². The maximum absolute atomic E-state index is 5.73. The van der Waals surface area contributed by atoms with Gasteiger partial charge in [-0.25, -0.2) is 0 Å². The molecule has 0 aromatic rings. The average Bonchev–Trinajstić information content (AvgIpc) is 2.17. The molecular formula is C9H20BNO2. The van der Waals surface area contributed by atoms with Crippen molar-refractivity contribution in [2.75, 3.05) is 6.54 Å². The first-order valence-electron chi connectivity index (χ1n) is 4.98. The van der Waals surface area contributed by atoms with Crippen molar-refractivity contribution < 1.29 is 9.31 Å². The number of nitrogens with one attached hydrogen (secondary N) is 1. The summed E-state index contributed by atoms with van der Waals surface area (Å²) in [4.78, 5) is 0. The molecule has 0 aromatic carbocycles. The van der Waals surface area contributed by atoms with Crippen LogP contribution in [0.1, 0.15) is 41.0 Å². The van der Waals surface area contributed by atoms with Crippen molar-refractivity contribution in [2.45, 2.75) is 52.2 Å². The predicted molar refractivity (Wildman–Crippen MR) is 54.4 cm³/mol. The molecule has 1 N–H and O–H groups in total. The molecule has 0 amide bonds. The molecule has 0 radical (unpaired) electrons. The molecule has 13 heavy (non-hydrogen) atoms. The zero-order valence-corrected chi connectivity index (χ0v) is 9.31. The van der Waals surface area contributed by atoms with Crippen LogP contribution in [0.5, 0.6) is 0 Å². The van der Waals surface area contributed by atoms with Crippen molar-refractivity contribution in [3.05, 3.63) is 0 Å². The van der Waals surface area contributed by atoms with Crippen molar-refractivity contribution in [2.24, 2.45) is 0 Å². The van der Waals surface area contributed by atoms with Gasteiger partial charge in [-0.1, -0.05) is 6.92 Å². The lowest BCUT2D eigenvalue weighted by molar-refractivity contribution is 0.00578. The second-order valence-electron chi connectivity index (χ2n) is 4.54. The third kappa shape index (κ3) is 2.24. The molecule has 1 rings (SSSR count). The summed E-state index contributed by atoms with van der Waals surface area (Å²) in [6.07, 6.45) is 1.09. The fourth-order valence-corrected chi connectivity index (χ4v) is 1.19. The maximum atomic E-state index is 5.73. The molecule has 4 heteroatoms. The molecule has 0 aliphatic carbocycles. The Labute approximate surface area is 81.3 Å². The van der Waals surface area contributed by atoms with Crippen LogP contribution in [0.25, 0.3) is 0 Å². The Hall–Kier alpha value is -0.0551. The normalized spacial score (nSPS) is 25.2. The van der Waals surface area contributed by atoms with Gasteiger partial charge in [-0.3, -0.25) is 0 Å². The highest BCUT2D eigenvalue weighted by Crippen LogP contribution is 2.35. The van der Waals surface area contributed by atoms with E-state index in [1.54, 1.807) is 0 Å². The Morgan fingerprint density at radius 1 is 1.08 bits per heavy atom. The van der Waals surface area contributed by atoms with E-state index in [2.05, 4.69) is 39.8 Å². The summed E-state index contributed by atoms with van der Waals surface area (Å²) in [6, 6.07) is 0. The fourth-order valence-electron chi connectivity index (χ4n) is 1.19. The Kier molecular flexibility index (Phi) is 3.05. The summed E-state index contributed by atoms with van der Waals surface area (Å²) < 4.78 is 11.5. The molecule has 0 spiro atoms. The quantitative estimate of drug-likeness (QED) is 0.677. The van der Waals surface area contributed by atoms with Crippen LogP contribution in [0, 0.1) is 0 Å². The molecule has 0 saturated carbocycles. The molecule has 0 bridgehead atoms. The number of hydrogen-bond donors (Lipinski definition) is 1. The van der Waals surface area contributed by atoms with E-state index in [-0.39, 0.29) is 18.5 Å². The van der Waals surface area contributed by atoms with Crippen LogP contribution in [0.15, 0.2) is 0 Å². The Morgan fingerprint density at radius 2 is 1.54 bits per heavy atom. The Bertz CT molecular complexity index is 166. The van der Waals surface area contributed by atoms with Crippen LogP contribution in [0.3, 0.4) is 0 Å². The highest BCUT2D eigenvalue weighted by Gasteiger charge is 2.51. The third-order valence-electron chi connectivity index (χ3n) is 2.81. The molecule has 1 fully saturated rings. The van der Waals surface area contributed by atoms with E-state index < -0.39 is 0 Å². The highest BCUT2D eigenvalue weighted by atomic mass is 16.7. The van der Waals surface area contributed by atoms with Crippen LogP contribution in [0.2, 0.25) is 0 Å². The van der Waals surface area contributed by atoms with Crippen molar-refractivity contribution in [3.8, 4) is 0 Å².